The zero-order valence-electron chi connectivity index (χ0n) is 20.1. The van der Waals surface area contributed by atoms with Gasteiger partial charge in [-0.15, -0.1) is 0 Å². The quantitative estimate of drug-likeness (QED) is 0.200. The third kappa shape index (κ3) is 5.15. The fourth-order valence-electron chi connectivity index (χ4n) is 3.89. The van der Waals surface area contributed by atoms with E-state index in [-0.39, 0.29) is 5.78 Å². The molecule has 0 bridgehead atoms. The van der Waals surface area contributed by atoms with E-state index in [0.717, 1.165) is 33.5 Å². The Hall–Kier alpha value is -4.77. The average molecular weight is 472 g/mol. The van der Waals surface area contributed by atoms with Crippen molar-refractivity contribution >= 4 is 34.4 Å². The SMILES string of the molecule is COc1ccc(-c2cc3cccnc3nc2Nc2ccc(C(=O)/C=C/c3ccc(C)cc3)cc2)cc1. The summed E-state index contributed by atoms with van der Waals surface area (Å²) in [5, 5.41) is 4.36. The summed E-state index contributed by atoms with van der Waals surface area (Å²) in [7, 11) is 1.65. The highest BCUT2D eigenvalue weighted by Gasteiger charge is 2.11. The van der Waals surface area contributed by atoms with E-state index >= 15 is 0 Å². The molecule has 1 N–H and O–H groups in total. The van der Waals surface area contributed by atoms with Crippen LogP contribution in [0.2, 0.25) is 0 Å². The molecule has 2 aromatic heterocycles. The zero-order chi connectivity index (χ0) is 24.9. The number of aromatic nitrogens is 2. The van der Waals surface area contributed by atoms with Crippen molar-refractivity contribution in [2.24, 2.45) is 0 Å². The van der Waals surface area contributed by atoms with Crippen LogP contribution in [0.3, 0.4) is 0 Å². The monoisotopic (exact) mass is 471 g/mol. The van der Waals surface area contributed by atoms with Crippen LogP contribution in [0.25, 0.3) is 28.2 Å². The molecule has 0 amide bonds. The number of methoxy groups -OCH3 is 1. The molecule has 176 valence electrons. The van der Waals surface area contributed by atoms with Crippen LogP contribution in [0.15, 0.2) is 103 Å². The number of benzene rings is 3. The second kappa shape index (κ2) is 10.2. The van der Waals surface area contributed by atoms with E-state index in [9.17, 15) is 4.79 Å². The number of hydrogen-bond acceptors (Lipinski definition) is 5. The lowest BCUT2D eigenvalue weighted by Gasteiger charge is -2.13. The van der Waals surface area contributed by atoms with Gasteiger partial charge in [-0.2, -0.15) is 0 Å². The van der Waals surface area contributed by atoms with Crippen molar-refractivity contribution in [3.05, 3.63) is 120 Å². The smallest absolute Gasteiger partial charge is 0.185 e. The van der Waals surface area contributed by atoms with Gasteiger partial charge in [-0.05, 0) is 78.7 Å². The van der Waals surface area contributed by atoms with Gasteiger partial charge in [0.05, 0.1) is 7.11 Å². The summed E-state index contributed by atoms with van der Waals surface area (Å²) in [6, 6.07) is 29.3. The van der Waals surface area contributed by atoms with Crippen LogP contribution >= 0.6 is 0 Å². The summed E-state index contributed by atoms with van der Waals surface area (Å²) in [5.41, 5.74) is 6.23. The van der Waals surface area contributed by atoms with Crippen molar-refractivity contribution in [1.29, 1.82) is 0 Å². The normalized spacial score (nSPS) is 11.1. The molecule has 5 rings (SSSR count). The standard InChI is InChI=1S/C31H25N3O2/c1-21-5-7-22(8-6-21)9-18-29(35)24-10-14-26(15-11-24)33-31-28(23-12-16-27(36-2)17-13-23)20-25-4-3-19-32-30(25)34-31/h3-20H,1-2H3,(H,32,33,34)/b18-9+. The third-order valence-corrected chi connectivity index (χ3v) is 5.93. The minimum atomic E-state index is -0.0472. The van der Waals surface area contributed by atoms with Crippen LogP contribution in [0.4, 0.5) is 11.5 Å². The van der Waals surface area contributed by atoms with Crippen molar-refractivity contribution in [3.63, 3.8) is 0 Å². The van der Waals surface area contributed by atoms with Crippen LogP contribution in [0, 0.1) is 6.92 Å². The first-order valence-corrected chi connectivity index (χ1v) is 11.7. The van der Waals surface area contributed by atoms with Gasteiger partial charge >= 0.3 is 0 Å². The number of pyridine rings is 2. The molecule has 0 saturated carbocycles. The molecule has 5 heteroatoms. The number of nitrogens with zero attached hydrogens (tertiary/aromatic N) is 2. The summed E-state index contributed by atoms with van der Waals surface area (Å²) in [5.74, 6) is 1.43. The number of allylic oxidation sites excluding steroid dienone is 1. The van der Waals surface area contributed by atoms with E-state index in [1.54, 1.807) is 19.4 Å². The van der Waals surface area contributed by atoms with Gasteiger partial charge in [0.1, 0.15) is 11.6 Å². The van der Waals surface area contributed by atoms with Crippen molar-refractivity contribution < 1.29 is 9.53 Å². The number of carbonyl (C=O) groups is 1. The highest BCUT2D eigenvalue weighted by molar-refractivity contribution is 6.07. The second-order valence-electron chi connectivity index (χ2n) is 8.47. The van der Waals surface area contributed by atoms with Gasteiger partial charge in [0.15, 0.2) is 11.4 Å². The Labute approximate surface area is 210 Å². The zero-order valence-corrected chi connectivity index (χ0v) is 20.1. The van der Waals surface area contributed by atoms with Crippen molar-refractivity contribution in [3.8, 4) is 16.9 Å². The number of ketones is 1. The number of rotatable bonds is 7. The molecule has 2 heterocycles. The molecule has 5 aromatic rings. The average Bonchev–Trinajstić information content (AvgIpc) is 2.92. The van der Waals surface area contributed by atoms with E-state index in [1.807, 2.05) is 97.9 Å². The van der Waals surface area contributed by atoms with E-state index < -0.39 is 0 Å². The molecule has 5 nitrogen and oxygen atoms in total. The number of nitrogens with one attached hydrogen (secondary N) is 1. The maximum absolute atomic E-state index is 12.7. The molecule has 0 saturated heterocycles. The summed E-state index contributed by atoms with van der Waals surface area (Å²) < 4.78 is 5.31. The van der Waals surface area contributed by atoms with Gasteiger partial charge in [-0.1, -0.05) is 48.0 Å². The molecule has 3 aromatic carbocycles. The van der Waals surface area contributed by atoms with Gasteiger partial charge in [-0.25, -0.2) is 9.97 Å². The van der Waals surface area contributed by atoms with E-state index in [4.69, 9.17) is 9.72 Å². The lowest BCUT2D eigenvalue weighted by atomic mass is 10.0. The van der Waals surface area contributed by atoms with Gasteiger partial charge < -0.3 is 10.1 Å². The highest BCUT2D eigenvalue weighted by Crippen LogP contribution is 2.32. The minimum absolute atomic E-state index is 0.0472. The maximum atomic E-state index is 12.7. The second-order valence-corrected chi connectivity index (χ2v) is 8.47. The molecule has 0 fully saturated rings. The third-order valence-electron chi connectivity index (χ3n) is 5.93. The lowest BCUT2D eigenvalue weighted by Crippen LogP contribution is -2.00. The molecular formula is C31H25N3O2. The largest absolute Gasteiger partial charge is 0.497 e. The molecule has 0 radical (unpaired) electrons. The Morgan fingerprint density at radius 2 is 1.67 bits per heavy atom. The summed E-state index contributed by atoms with van der Waals surface area (Å²) >= 11 is 0. The summed E-state index contributed by atoms with van der Waals surface area (Å²) in [4.78, 5) is 21.8. The van der Waals surface area contributed by atoms with Crippen LogP contribution in [0.5, 0.6) is 5.75 Å². The summed E-state index contributed by atoms with van der Waals surface area (Å²) in [6.07, 6.45) is 5.17. The fourth-order valence-corrected chi connectivity index (χ4v) is 3.89. The van der Waals surface area contributed by atoms with Crippen LogP contribution in [0.1, 0.15) is 21.5 Å². The number of anilines is 2. The van der Waals surface area contributed by atoms with Gasteiger partial charge in [0.25, 0.3) is 0 Å². The van der Waals surface area contributed by atoms with Gasteiger partial charge in [-0.3, -0.25) is 4.79 Å². The Kier molecular flexibility index (Phi) is 6.54. The molecular weight excluding hydrogens is 446 g/mol. The predicted molar refractivity (Wildman–Crippen MR) is 146 cm³/mol. The molecule has 0 aliphatic heterocycles. The Bertz CT molecular complexity index is 1540. The first kappa shape index (κ1) is 23.0. The molecule has 0 aliphatic rings. The highest BCUT2D eigenvalue weighted by atomic mass is 16.5. The molecule has 0 spiro atoms. The van der Waals surface area contributed by atoms with Crippen molar-refractivity contribution in [1.82, 2.24) is 9.97 Å². The summed E-state index contributed by atoms with van der Waals surface area (Å²) in [6.45, 7) is 2.04. The maximum Gasteiger partial charge on any atom is 0.185 e. The van der Waals surface area contributed by atoms with E-state index in [2.05, 4.69) is 16.4 Å². The van der Waals surface area contributed by atoms with Crippen molar-refractivity contribution in [2.45, 2.75) is 6.92 Å². The van der Waals surface area contributed by atoms with E-state index in [1.165, 1.54) is 5.56 Å². The predicted octanol–water partition coefficient (Wildman–Crippen LogP) is 7.25. The Balaban J connectivity index is 1.40. The Morgan fingerprint density at radius 3 is 2.39 bits per heavy atom. The lowest BCUT2D eigenvalue weighted by molar-refractivity contribution is 0.104. The van der Waals surface area contributed by atoms with Crippen LogP contribution < -0.4 is 10.1 Å². The van der Waals surface area contributed by atoms with Crippen LogP contribution in [-0.4, -0.2) is 22.9 Å². The molecule has 36 heavy (non-hydrogen) atoms. The van der Waals surface area contributed by atoms with Crippen LogP contribution in [-0.2, 0) is 0 Å². The molecule has 0 atom stereocenters. The van der Waals surface area contributed by atoms with Crippen molar-refractivity contribution in [2.75, 3.05) is 12.4 Å². The van der Waals surface area contributed by atoms with E-state index in [0.29, 0.717) is 17.0 Å². The number of ether oxygens (including phenoxy) is 1. The number of carbonyl (C=O) groups excluding carboxylic acids is 1. The van der Waals surface area contributed by atoms with Gasteiger partial charge in [0.2, 0.25) is 0 Å². The minimum Gasteiger partial charge on any atom is -0.497 e. The number of aryl methyl sites for hydroxylation is 1. The Morgan fingerprint density at radius 1 is 0.917 bits per heavy atom. The first-order valence-electron chi connectivity index (χ1n) is 11.7. The fraction of sp³-hybridized carbons (Fsp3) is 0.0645. The first-order chi connectivity index (χ1) is 17.6. The number of fused-ring (bicyclic) bond motifs is 1. The van der Waals surface area contributed by atoms with Gasteiger partial charge in [0, 0.05) is 28.4 Å². The molecule has 0 unspecified atom stereocenters. The number of hydrogen-bond donors (Lipinski definition) is 1. The topological polar surface area (TPSA) is 64.1 Å². The molecule has 0 aliphatic carbocycles.